The second-order valence-corrected chi connectivity index (χ2v) is 7.07. The van der Waals surface area contributed by atoms with Gasteiger partial charge in [-0.15, -0.1) is 5.53 Å². The van der Waals surface area contributed by atoms with Crippen molar-refractivity contribution in [3.05, 3.63) is 65.9 Å². The zero-order valence-electron chi connectivity index (χ0n) is 16.2. The lowest BCUT2D eigenvalue weighted by Crippen LogP contribution is -2.48. The summed E-state index contributed by atoms with van der Waals surface area (Å²) in [4.78, 5) is 12.4. The van der Waals surface area contributed by atoms with Crippen LogP contribution in [0, 0.1) is 0 Å². The van der Waals surface area contributed by atoms with Crippen molar-refractivity contribution in [3.63, 3.8) is 0 Å². The third kappa shape index (κ3) is 4.85. The summed E-state index contributed by atoms with van der Waals surface area (Å²) in [5, 5.41) is 23.9. The molecule has 0 saturated heterocycles. The van der Waals surface area contributed by atoms with Gasteiger partial charge < -0.3 is 30.3 Å². The maximum atomic E-state index is 12.4. The third-order valence-electron chi connectivity index (χ3n) is 4.88. The number of rotatable bonds is 8. The number of fused-ring (bicyclic) bond motifs is 1. The van der Waals surface area contributed by atoms with Crippen LogP contribution < -0.4 is 25.8 Å². The first-order valence-electron chi connectivity index (χ1n) is 9.68. The van der Waals surface area contributed by atoms with Crippen molar-refractivity contribution in [1.82, 2.24) is 21.3 Å². The van der Waals surface area contributed by atoms with Gasteiger partial charge in [-0.25, -0.2) is 0 Å². The second-order valence-electron chi connectivity index (χ2n) is 7.07. The highest BCUT2D eigenvalue weighted by Gasteiger charge is 2.26. The molecule has 10 heteroatoms. The predicted octanol–water partition coefficient (Wildman–Crippen LogP) is 0.168. The fraction of sp³-hybridized carbons (Fsp3) is 0.250. The first-order chi connectivity index (χ1) is 14.6. The van der Waals surface area contributed by atoms with E-state index < -0.39 is 13.1 Å². The Morgan fingerprint density at radius 3 is 2.77 bits per heavy atom. The standard InChI is InChI=1S/C20H23BN4O5/c26-20(8-9-25-12-16(23-24-25)15-4-2-1-3-5-15)22-19(21(27)28)11-14-6-7-17-18(10-14)30-13-29-17/h1-7,10,12,19,23-24,27-28H,8-9,11,13H2,(H,22,26)/t19-/m0/s1. The van der Waals surface area contributed by atoms with Crippen molar-refractivity contribution in [3.8, 4) is 11.5 Å². The number of hydrazine groups is 2. The molecule has 1 amide bonds. The number of carbonyl (C=O) groups is 1. The number of nitrogens with one attached hydrogen (secondary N) is 3. The number of carbonyl (C=O) groups excluding carboxylic acids is 1. The Kier molecular flexibility index (Phi) is 6.08. The van der Waals surface area contributed by atoms with Gasteiger partial charge in [0.2, 0.25) is 12.7 Å². The minimum absolute atomic E-state index is 0.168. The van der Waals surface area contributed by atoms with Crippen LogP contribution in [0.1, 0.15) is 17.5 Å². The molecule has 0 bridgehead atoms. The van der Waals surface area contributed by atoms with Crippen molar-refractivity contribution >= 4 is 18.7 Å². The molecule has 0 fully saturated rings. The van der Waals surface area contributed by atoms with Crippen molar-refractivity contribution in [2.45, 2.75) is 18.8 Å². The summed E-state index contributed by atoms with van der Waals surface area (Å²) in [6, 6.07) is 15.2. The molecule has 9 nitrogen and oxygen atoms in total. The molecule has 0 saturated carbocycles. The summed E-state index contributed by atoms with van der Waals surface area (Å²) in [5.41, 5.74) is 8.79. The lowest BCUT2D eigenvalue weighted by Gasteiger charge is -2.19. The molecule has 5 N–H and O–H groups in total. The third-order valence-corrected chi connectivity index (χ3v) is 4.88. The average Bonchev–Trinajstić information content (AvgIpc) is 3.41. The maximum absolute atomic E-state index is 12.4. The zero-order chi connectivity index (χ0) is 20.9. The van der Waals surface area contributed by atoms with Crippen LogP contribution in [0.5, 0.6) is 11.5 Å². The summed E-state index contributed by atoms with van der Waals surface area (Å²) >= 11 is 0. The average molecular weight is 410 g/mol. The van der Waals surface area contributed by atoms with E-state index in [2.05, 4.69) is 16.3 Å². The van der Waals surface area contributed by atoms with Crippen molar-refractivity contribution in [2.24, 2.45) is 0 Å². The summed E-state index contributed by atoms with van der Waals surface area (Å²) in [6.45, 7) is 0.578. The molecule has 30 heavy (non-hydrogen) atoms. The molecule has 156 valence electrons. The molecular weight excluding hydrogens is 387 g/mol. The van der Waals surface area contributed by atoms with Crippen LogP contribution in [0.15, 0.2) is 54.7 Å². The Bertz CT molecular complexity index is 925. The van der Waals surface area contributed by atoms with E-state index >= 15 is 0 Å². The summed E-state index contributed by atoms with van der Waals surface area (Å²) < 4.78 is 10.6. The van der Waals surface area contributed by atoms with Gasteiger partial charge in [-0.3, -0.25) is 9.80 Å². The number of amides is 1. The number of nitrogens with zero attached hydrogens (tertiary/aromatic N) is 1. The van der Waals surface area contributed by atoms with Crippen LogP contribution in [-0.2, 0) is 11.2 Å². The predicted molar refractivity (Wildman–Crippen MR) is 110 cm³/mol. The monoisotopic (exact) mass is 410 g/mol. The van der Waals surface area contributed by atoms with Crippen LogP contribution in [0.3, 0.4) is 0 Å². The van der Waals surface area contributed by atoms with Gasteiger partial charge in [0.25, 0.3) is 0 Å². The first-order valence-corrected chi connectivity index (χ1v) is 9.68. The van der Waals surface area contributed by atoms with Crippen molar-refractivity contribution < 1.29 is 24.3 Å². The maximum Gasteiger partial charge on any atom is 0.475 e. The van der Waals surface area contributed by atoms with Crippen LogP contribution in [-0.4, -0.2) is 47.4 Å². The van der Waals surface area contributed by atoms with Gasteiger partial charge in [-0.1, -0.05) is 36.4 Å². The Morgan fingerprint density at radius 2 is 1.97 bits per heavy atom. The van der Waals surface area contributed by atoms with Gasteiger partial charge in [0.05, 0.1) is 11.6 Å². The van der Waals surface area contributed by atoms with E-state index in [1.165, 1.54) is 0 Å². The molecule has 2 heterocycles. The van der Waals surface area contributed by atoms with E-state index in [1.807, 2.05) is 42.6 Å². The number of hydrogen-bond acceptors (Lipinski definition) is 8. The van der Waals surface area contributed by atoms with Gasteiger partial charge in [0, 0.05) is 24.7 Å². The molecular formula is C20H23BN4O5. The highest BCUT2D eigenvalue weighted by molar-refractivity contribution is 6.43. The molecule has 1 atom stereocenters. The Labute approximate surface area is 174 Å². The van der Waals surface area contributed by atoms with Crippen LogP contribution >= 0.6 is 0 Å². The molecule has 2 aromatic carbocycles. The quantitative estimate of drug-likeness (QED) is 0.392. The Morgan fingerprint density at radius 1 is 1.17 bits per heavy atom. The van der Waals surface area contributed by atoms with E-state index in [-0.39, 0.29) is 25.5 Å². The molecule has 0 unspecified atom stereocenters. The normalized spacial score (nSPS) is 15.4. The highest BCUT2D eigenvalue weighted by atomic mass is 16.7. The van der Waals surface area contributed by atoms with Crippen LogP contribution in [0.4, 0.5) is 0 Å². The van der Waals surface area contributed by atoms with Gasteiger partial charge in [0.1, 0.15) is 0 Å². The Balaban J connectivity index is 1.29. The smallest absolute Gasteiger partial charge is 0.454 e. The van der Waals surface area contributed by atoms with Crippen molar-refractivity contribution in [2.75, 3.05) is 13.3 Å². The molecule has 0 radical (unpaired) electrons. The molecule has 0 aliphatic carbocycles. The van der Waals surface area contributed by atoms with E-state index in [9.17, 15) is 14.8 Å². The fourth-order valence-electron chi connectivity index (χ4n) is 3.29. The van der Waals surface area contributed by atoms with Gasteiger partial charge in [0.15, 0.2) is 11.5 Å². The first kappa shape index (κ1) is 20.1. The van der Waals surface area contributed by atoms with E-state index in [4.69, 9.17) is 9.47 Å². The summed E-state index contributed by atoms with van der Waals surface area (Å²) in [5.74, 6) is 0.146. The van der Waals surface area contributed by atoms with Crippen molar-refractivity contribution in [1.29, 1.82) is 0 Å². The molecule has 2 aliphatic heterocycles. The largest absolute Gasteiger partial charge is 0.475 e. The fourth-order valence-corrected chi connectivity index (χ4v) is 3.29. The molecule has 2 aromatic rings. The molecule has 2 aliphatic rings. The second kappa shape index (κ2) is 9.08. The Hall–Kier alpha value is -3.21. The van der Waals surface area contributed by atoms with Crippen LogP contribution in [0.2, 0.25) is 0 Å². The van der Waals surface area contributed by atoms with Gasteiger partial charge in [-0.05, 0) is 24.1 Å². The number of ether oxygens (including phenoxy) is 2. The summed E-state index contributed by atoms with van der Waals surface area (Å²) in [7, 11) is -1.68. The highest BCUT2D eigenvalue weighted by Crippen LogP contribution is 2.32. The molecule has 4 rings (SSSR count). The minimum Gasteiger partial charge on any atom is -0.454 e. The number of benzene rings is 2. The molecule has 0 aromatic heterocycles. The lowest BCUT2D eigenvalue weighted by atomic mass is 9.76. The van der Waals surface area contributed by atoms with E-state index in [1.54, 1.807) is 17.1 Å². The zero-order valence-corrected chi connectivity index (χ0v) is 16.2. The van der Waals surface area contributed by atoms with E-state index in [0.29, 0.717) is 18.0 Å². The minimum atomic E-state index is -1.68. The topological polar surface area (TPSA) is 115 Å². The SMILES string of the molecule is O=C(CCN1C=C(c2ccccc2)NN1)N[C@@H](Cc1ccc2c(c1)OCO2)B(O)O. The molecule has 0 spiro atoms. The van der Waals surface area contributed by atoms with Gasteiger partial charge in [-0.2, -0.15) is 0 Å². The lowest BCUT2D eigenvalue weighted by molar-refractivity contribution is -0.121. The number of hydrogen-bond donors (Lipinski definition) is 5. The van der Waals surface area contributed by atoms with E-state index in [0.717, 1.165) is 16.8 Å². The van der Waals surface area contributed by atoms with Crippen LogP contribution in [0.25, 0.3) is 5.70 Å². The van der Waals surface area contributed by atoms with Gasteiger partial charge >= 0.3 is 7.12 Å². The summed E-state index contributed by atoms with van der Waals surface area (Å²) in [6.07, 6.45) is 2.31.